The maximum Gasteiger partial charge on any atom is 0.280 e. The molecule has 1 aromatic heterocycles. The number of aliphatic imine (C=N–C) groups is 1. The second kappa shape index (κ2) is 6.99. The average Bonchev–Trinajstić information content (AvgIpc) is 3.16. The van der Waals surface area contributed by atoms with Gasteiger partial charge in [0.15, 0.2) is 0 Å². The van der Waals surface area contributed by atoms with Crippen molar-refractivity contribution in [3.05, 3.63) is 51.9 Å². The number of aromatic amines is 1. The van der Waals surface area contributed by atoms with Crippen LogP contribution >= 0.6 is 0 Å². The summed E-state index contributed by atoms with van der Waals surface area (Å²) < 4.78 is 1.65. The predicted octanol–water partition coefficient (Wildman–Crippen LogP) is 3.87. The van der Waals surface area contributed by atoms with Crippen LogP contribution in [0.15, 0.2) is 40.1 Å². The van der Waals surface area contributed by atoms with Crippen molar-refractivity contribution in [3.8, 4) is 5.69 Å². The van der Waals surface area contributed by atoms with E-state index in [0.717, 1.165) is 48.3 Å². The van der Waals surface area contributed by atoms with Crippen LogP contribution in [0.5, 0.6) is 0 Å². The summed E-state index contributed by atoms with van der Waals surface area (Å²) in [6.07, 6.45) is 6.67. The molecule has 0 saturated heterocycles. The molecule has 1 saturated carbocycles. The van der Waals surface area contributed by atoms with Gasteiger partial charge in [-0.25, -0.2) is 4.68 Å². The lowest BCUT2D eigenvalue weighted by Crippen LogP contribution is -2.20. The quantitative estimate of drug-likeness (QED) is 0.837. The first kappa shape index (κ1) is 15.8. The predicted molar refractivity (Wildman–Crippen MR) is 94.9 cm³/mol. The van der Waals surface area contributed by atoms with Crippen LogP contribution in [-0.4, -0.2) is 21.5 Å². The zero-order valence-corrected chi connectivity index (χ0v) is 14.0. The molecule has 122 valence electrons. The molecule has 0 amide bonds. The van der Waals surface area contributed by atoms with Gasteiger partial charge in [-0.15, -0.1) is 0 Å². The molecule has 23 heavy (non-hydrogen) atoms. The third-order valence-electron chi connectivity index (χ3n) is 4.54. The van der Waals surface area contributed by atoms with Crippen LogP contribution < -0.4 is 5.56 Å². The fourth-order valence-corrected chi connectivity index (χ4v) is 3.42. The van der Waals surface area contributed by atoms with Crippen molar-refractivity contribution in [2.75, 3.05) is 0 Å². The molecule has 0 radical (unpaired) electrons. The van der Waals surface area contributed by atoms with Gasteiger partial charge in [0, 0.05) is 11.4 Å². The molecule has 0 bridgehead atoms. The Kier molecular flexibility index (Phi) is 4.79. The second-order valence-corrected chi connectivity index (χ2v) is 6.34. The van der Waals surface area contributed by atoms with Gasteiger partial charge in [0.25, 0.3) is 5.56 Å². The van der Waals surface area contributed by atoms with E-state index < -0.39 is 0 Å². The van der Waals surface area contributed by atoms with Gasteiger partial charge in [-0.3, -0.25) is 14.9 Å². The number of nitrogens with one attached hydrogen (secondary N) is 1. The van der Waals surface area contributed by atoms with Gasteiger partial charge in [-0.05, 0) is 38.3 Å². The first-order valence-electron chi connectivity index (χ1n) is 8.64. The molecular weight excluding hydrogens is 286 g/mol. The van der Waals surface area contributed by atoms with Gasteiger partial charge in [0.1, 0.15) is 0 Å². The van der Waals surface area contributed by atoms with E-state index in [2.05, 4.69) is 12.0 Å². The Labute approximate surface area is 137 Å². The van der Waals surface area contributed by atoms with E-state index in [4.69, 9.17) is 4.99 Å². The van der Waals surface area contributed by atoms with Gasteiger partial charge < -0.3 is 0 Å². The maximum atomic E-state index is 12.9. The number of rotatable bonds is 5. The van der Waals surface area contributed by atoms with E-state index in [1.165, 1.54) is 12.8 Å². The number of para-hydroxylation sites is 1. The minimum Gasteiger partial charge on any atom is -0.294 e. The molecule has 1 aliphatic carbocycles. The average molecular weight is 311 g/mol. The third kappa shape index (κ3) is 3.31. The van der Waals surface area contributed by atoms with Crippen molar-refractivity contribution in [3.63, 3.8) is 0 Å². The van der Waals surface area contributed by atoms with Gasteiger partial charge in [-0.2, -0.15) is 0 Å². The molecule has 1 aliphatic rings. The number of hydrogen-bond acceptors (Lipinski definition) is 2. The molecule has 1 N–H and O–H groups in total. The molecule has 1 fully saturated rings. The van der Waals surface area contributed by atoms with Gasteiger partial charge in [0.2, 0.25) is 0 Å². The number of nitrogens with zero attached hydrogens (tertiary/aromatic N) is 2. The van der Waals surface area contributed by atoms with E-state index in [9.17, 15) is 4.79 Å². The van der Waals surface area contributed by atoms with E-state index >= 15 is 0 Å². The highest BCUT2D eigenvalue weighted by molar-refractivity contribution is 5.99. The van der Waals surface area contributed by atoms with Crippen molar-refractivity contribution >= 4 is 5.71 Å². The monoisotopic (exact) mass is 311 g/mol. The normalized spacial score (nSPS) is 16.2. The molecule has 4 heteroatoms. The van der Waals surface area contributed by atoms with Crippen molar-refractivity contribution < 1.29 is 0 Å². The molecule has 1 heterocycles. The van der Waals surface area contributed by atoms with Gasteiger partial charge in [0.05, 0.1) is 17.3 Å². The molecule has 1 aromatic carbocycles. The molecule has 3 rings (SSSR count). The standard InChI is InChI=1S/C19H25N3O/c1-3-9-17-18(14(2)20-15-10-7-8-11-15)19(23)22(21-17)16-12-5-4-6-13-16/h4-6,12-13,15,21H,3,7-11H2,1-2H3. The lowest BCUT2D eigenvalue weighted by atomic mass is 10.1. The minimum atomic E-state index is 0.0129. The highest BCUT2D eigenvalue weighted by Crippen LogP contribution is 2.22. The van der Waals surface area contributed by atoms with Crippen LogP contribution in [0, 0.1) is 0 Å². The van der Waals surface area contributed by atoms with Crippen molar-refractivity contribution in [2.24, 2.45) is 4.99 Å². The highest BCUT2D eigenvalue weighted by atomic mass is 16.1. The van der Waals surface area contributed by atoms with Crippen LogP contribution in [0.4, 0.5) is 0 Å². The zero-order valence-electron chi connectivity index (χ0n) is 14.0. The Morgan fingerprint density at radius 1 is 1.26 bits per heavy atom. The summed E-state index contributed by atoms with van der Waals surface area (Å²) in [5.74, 6) is 0. The van der Waals surface area contributed by atoms with E-state index in [1.54, 1.807) is 4.68 Å². The summed E-state index contributed by atoms with van der Waals surface area (Å²) in [4.78, 5) is 17.8. The van der Waals surface area contributed by atoms with Gasteiger partial charge in [-0.1, -0.05) is 44.4 Å². The molecule has 2 aromatic rings. The summed E-state index contributed by atoms with van der Waals surface area (Å²) >= 11 is 0. The third-order valence-corrected chi connectivity index (χ3v) is 4.54. The second-order valence-electron chi connectivity index (χ2n) is 6.34. The Morgan fingerprint density at radius 3 is 2.61 bits per heavy atom. The number of hydrogen-bond donors (Lipinski definition) is 1. The largest absolute Gasteiger partial charge is 0.294 e. The van der Waals surface area contributed by atoms with Crippen molar-refractivity contribution in [1.82, 2.24) is 9.78 Å². The Hall–Kier alpha value is -2.10. The van der Waals surface area contributed by atoms with Crippen LogP contribution in [0.25, 0.3) is 5.69 Å². The summed E-state index contributed by atoms with van der Waals surface area (Å²) in [5, 5.41) is 3.30. The van der Waals surface area contributed by atoms with Crippen LogP contribution in [0.3, 0.4) is 0 Å². The number of H-pyrrole nitrogens is 1. The molecule has 0 atom stereocenters. The van der Waals surface area contributed by atoms with E-state index in [1.807, 2.05) is 37.3 Å². The summed E-state index contributed by atoms with van der Waals surface area (Å²) in [6.45, 7) is 4.11. The first-order chi connectivity index (χ1) is 11.2. The lowest BCUT2D eigenvalue weighted by Gasteiger charge is -2.05. The number of benzene rings is 1. The Morgan fingerprint density at radius 2 is 1.96 bits per heavy atom. The minimum absolute atomic E-state index is 0.0129. The first-order valence-corrected chi connectivity index (χ1v) is 8.64. The Balaban J connectivity index is 2.04. The maximum absolute atomic E-state index is 12.9. The van der Waals surface area contributed by atoms with E-state index in [0.29, 0.717) is 6.04 Å². The number of aryl methyl sites for hydroxylation is 1. The fraction of sp³-hybridized carbons (Fsp3) is 0.474. The van der Waals surface area contributed by atoms with Crippen molar-refractivity contribution in [2.45, 2.75) is 58.4 Å². The number of aromatic nitrogens is 2. The van der Waals surface area contributed by atoms with Crippen molar-refractivity contribution in [1.29, 1.82) is 0 Å². The lowest BCUT2D eigenvalue weighted by molar-refractivity contribution is 0.706. The summed E-state index contributed by atoms with van der Waals surface area (Å²) in [5.41, 5.74) is 3.54. The smallest absolute Gasteiger partial charge is 0.280 e. The molecule has 4 nitrogen and oxygen atoms in total. The summed E-state index contributed by atoms with van der Waals surface area (Å²) in [7, 11) is 0. The highest BCUT2D eigenvalue weighted by Gasteiger charge is 2.19. The zero-order chi connectivity index (χ0) is 16.2. The SMILES string of the molecule is CCCc1[nH]n(-c2ccccc2)c(=O)c1C(C)=NC1CCCC1. The van der Waals surface area contributed by atoms with Crippen LogP contribution in [0.1, 0.15) is 57.2 Å². The summed E-state index contributed by atoms with van der Waals surface area (Å²) in [6, 6.07) is 10.1. The van der Waals surface area contributed by atoms with Crippen LogP contribution in [-0.2, 0) is 6.42 Å². The molecular formula is C19H25N3O. The molecule has 0 aliphatic heterocycles. The fourth-order valence-electron chi connectivity index (χ4n) is 3.42. The van der Waals surface area contributed by atoms with E-state index in [-0.39, 0.29) is 5.56 Å². The molecule has 0 unspecified atom stereocenters. The Bertz CT molecular complexity index is 734. The molecule has 0 spiro atoms. The van der Waals surface area contributed by atoms with Crippen LogP contribution in [0.2, 0.25) is 0 Å². The topological polar surface area (TPSA) is 50.1 Å². The van der Waals surface area contributed by atoms with Gasteiger partial charge >= 0.3 is 0 Å².